The van der Waals surface area contributed by atoms with Gasteiger partial charge in [-0.1, -0.05) is 29.3 Å². The highest BCUT2D eigenvalue weighted by atomic mass is 35.5. The molecule has 1 saturated heterocycles. The molecule has 0 radical (unpaired) electrons. The van der Waals surface area contributed by atoms with E-state index in [9.17, 15) is 14.4 Å². The number of imide groups is 1. The van der Waals surface area contributed by atoms with Gasteiger partial charge in [0.15, 0.2) is 0 Å². The zero-order chi connectivity index (χ0) is 17.1. The van der Waals surface area contributed by atoms with Crippen LogP contribution in [-0.2, 0) is 14.3 Å². The molecule has 0 atom stereocenters. The van der Waals surface area contributed by atoms with Crippen molar-refractivity contribution >= 4 is 58.2 Å². The highest BCUT2D eigenvalue weighted by Crippen LogP contribution is 2.33. The van der Waals surface area contributed by atoms with Crippen LogP contribution in [0.2, 0.25) is 10.0 Å². The maximum absolute atomic E-state index is 12.2. The van der Waals surface area contributed by atoms with E-state index in [1.807, 2.05) is 0 Å². The summed E-state index contributed by atoms with van der Waals surface area (Å²) >= 11 is 12.5. The van der Waals surface area contributed by atoms with Crippen LogP contribution in [0.25, 0.3) is 6.08 Å². The van der Waals surface area contributed by atoms with E-state index in [4.69, 9.17) is 27.9 Å². The highest BCUT2D eigenvalue weighted by molar-refractivity contribution is 8.18. The molecule has 1 aliphatic heterocycles. The monoisotopic (exact) mass is 373 g/mol. The number of carbonyl (C=O) groups is 3. The van der Waals surface area contributed by atoms with Gasteiger partial charge in [0.05, 0.1) is 21.1 Å². The first-order chi connectivity index (χ1) is 10.8. The molecule has 8 heteroatoms. The van der Waals surface area contributed by atoms with Crippen molar-refractivity contribution in [3.8, 4) is 0 Å². The van der Waals surface area contributed by atoms with Crippen LogP contribution in [0, 0.1) is 0 Å². The van der Waals surface area contributed by atoms with Gasteiger partial charge in [0.1, 0.15) is 6.54 Å². The Balaban J connectivity index is 2.15. The van der Waals surface area contributed by atoms with Crippen LogP contribution in [0.1, 0.15) is 19.4 Å². The summed E-state index contributed by atoms with van der Waals surface area (Å²) in [6, 6.07) is 4.86. The molecular formula is C15H13Cl2NO4S. The first kappa shape index (κ1) is 17.8. The molecule has 1 fully saturated rings. The number of halogens is 2. The Morgan fingerprint density at radius 2 is 2.00 bits per heavy atom. The number of benzene rings is 1. The maximum atomic E-state index is 12.2. The van der Waals surface area contributed by atoms with Crippen molar-refractivity contribution in [3.05, 3.63) is 38.7 Å². The largest absolute Gasteiger partial charge is 0.462 e. The van der Waals surface area contributed by atoms with Crippen LogP contribution < -0.4 is 0 Å². The Labute approximate surface area is 147 Å². The van der Waals surface area contributed by atoms with Crippen molar-refractivity contribution in [1.29, 1.82) is 0 Å². The lowest BCUT2D eigenvalue weighted by atomic mass is 10.2. The molecule has 0 bridgehead atoms. The van der Waals surface area contributed by atoms with Crippen molar-refractivity contribution in [2.75, 3.05) is 6.54 Å². The zero-order valence-corrected chi connectivity index (χ0v) is 14.7. The third-order valence-electron chi connectivity index (χ3n) is 2.77. The minimum absolute atomic E-state index is 0.214. The second-order valence-electron chi connectivity index (χ2n) is 4.98. The fourth-order valence-corrected chi connectivity index (χ4v) is 2.96. The van der Waals surface area contributed by atoms with E-state index in [1.165, 1.54) is 6.08 Å². The Bertz CT molecular complexity index is 703. The summed E-state index contributed by atoms with van der Waals surface area (Å²) in [6.07, 6.45) is 1.22. The SMILES string of the molecule is CC(C)OC(=O)CN1C(=O)S/C(=C\c2ccc(Cl)c(Cl)c2)C1=O. The first-order valence-corrected chi connectivity index (χ1v) is 8.25. The quantitative estimate of drug-likeness (QED) is 0.589. The van der Waals surface area contributed by atoms with Crippen LogP contribution in [0.3, 0.4) is 0 Å². The molecule has 0 N–H and O–H groups in total. The predicted molar refractivity (Wildman–Crippen MR) is 90.4 cm³/mol. The molecule has 1 aromatic rings. The van der Waals surface area contributed by atoms with Gasteiger partial charge in [0.25, 0.3) is 11.1 Å². The minimum Gasteiger partial charge on any atom is -0.462 e. The van der Waals surface area contributed by atoms with Crippen LogP contribution >= 0.6 is 35.0 Å². The average Bonchev–Trinajstić information content (AvgIpc) is 2.70. The number of rotatable bonds is 4. The van der Waals surface area contributed by atoms with Gasteiger partial charge in [0, 0.05) is 0 Å². The van der Waals surface area contributed by atoms with Gasteiger partial charge in [-0.3, -0.25) is 19.3 Å². The van der Waals surface area contributed by atoms with Crippen molar-refractivity contribution in [3.63, 3.8) is 0 Å². The number of nitrogens with zero attached hydrogens (tertiary/aromatic N) is 1. The molecular weight excluding hydrogens is 361 g/mol. The Hall–Kier alpha value is -1.50. The third-order valence-corrected chi connectivity index (χ3v) is 4.42. The molecule has 0 saturated carbocycles. The number of hydrogen-bond acceptors (Lipinski definition) is 5. The van der Waals surface area contributed by atoms with Crippen LogP contribution in [0.15, 0.2) is 23.1 Å². The fraction of sp³-hybridized carbons (Fsp3) is 0.267. The summed E-state index contributed by atoms with van der Waals surface area (Å²) in [7, 11) is 0. The lowest BCUT2D eigenvalue weighted by Gasteiger charge is -2.13. The minimum atomic E-state index is -0.627. The van der Waals surface area contributed by atoms with E-state index in [0.29, 0.717) is 15.6 Å². The van der Waals surface area contributed by atoms with Gasteiger partial charge in [-0.15, -0.1) is 0 Å². The molecule has 2 amide bonds. The number of thioether (sulfide) groups is 1. The van der Waals surface area contributed by atoms with Crippen molar-refractivity contribution in [2.24, 2.45) is 0 Å². The number of esters is 1. The lowest BCUT2D eigenvalue weighted by Crippen LogP contribution is -2.35. The average molecular weight is 374 g/mol. The summed E-state index contributed by atoms with van der Waals surface area (Å²) in [5.41, 5.74) is 0.634. The topological polar surface area (TPSA) is 63.7 Å². The number of carbonyl (C=O) groups excluding carboxylic acids is 3. The van der Waals surface area contributed by atoms with Crippen LogP contribution in [-0.4, -0.2) is 34.7 Å². The molecule has 5 nitrogen and oxygen atoms in total. The summed E-state index contributed by atoms with van der Waals surface area (Å²) < 4.78 is 4.95. The van der Waals surface area contributed by atoms with Crippen molar-refractivity contribution in [1.82, 2.24) is 4.90 Å². The van der Waals surface area contributed by atoms with Gasteiger partial charge >= 0.3 is 5.97 Å². The fourth-order valence-electron chi connectivity index (χ4n) is 1.82. The molecule has 23 heavy (non-hydrogen) atoms. The lowest BCUT2D eigenvalue weighted by molar-refractivity contribution is -0.149. The summed E-state index contributed by atoms with van der Waals surface area (Å²) in [4.78, 5) is 36.8. The Kier molecular flexibility index (Phi) is 5.73. The molecule has 0 aromatic heterocycles. The summed E-state index contributed by atoms with van der Waals surface area (Å²) in [5.74, 6) is -1.16. The number of amides is 2. The zero-order valence-electron chi connectivity index (χ0n) is 12.3. The second-order valence-corrected chi connectivity index (χ2v) is 6.79. The highest BCUT2D eigenvalue weighted by Gasteiger charge is 2.36. The van der Waals surface area contributed by atoms with Crippen LogP contribution in [0.4, 0.5) is 4.79 Å². The van der Waals surface area contributed by atoms with E-state index >= 15 is 0 Å². The van der Waals surface area contributed by atoms with E-state index in [1.54, 1.807) is 32.0 Å². The van der Waals surface area contributed by atoms with Gasteiger partial charge in [-0.05, 0) is 49.4 Å². The van der Waals surface area contributed by atoms with Crippen molar-refractivity contribution in [2.45, 2.75) is 20.0 Å². The number of hydrogen-bond donors (Lipinski definition) is 0. The molecule has 0 aliphatic carbocycles. The van der Waals surface area contributed by atoms with Gasteiger partial charge in [-0.25, -0.2) is 0 Å². The third kappa shape index (κ3) is 4.50. The predicted octanol–water partition coefficient (Wildman–Crippen LogP) is 3.98. The summed E-state index contributed by atoms with van der Waals surface area (Å²) in [5, 5.41) is 0.232. The first-order valence-electron chi connectivity index (χ1n) is 6.68. The molecule has 2 rings (SSSR count). The molecule has 1 aromatic carbocycles. The maximum Gasteiger partial charge on any atom is 0.326 e. The molecule has 122 valence electrons. The van der Waals surface area contributed by atoms with Crippen molar-refractivity contribution < 1.29 is 19.1 Å². The smallest absolute Gasteiger partial charge is 0.326 e. The van der Waals surface area contributed by atoms with Crippen LogP contribution in [0.5, 0.6) is 0 Å². The second kappa shape index (κ2) is 7.38. The number of ether oxygens (including phenoxy) is 1. The summed E-state index contributed by atoms with van der Waals surface area (Å²) in [6.45, 7) is 2.98. The standard InChI is InChI=1S/C15H13Cl2NO4S/c1-8(2)22-13(19)7-18-14(20)12(23-15(18)21)6-9-3-4-10(16)11(17)5-9/h3-6,8H,7H2,1-2H3/b12-6-. The normalized spacial score (nSPS) is 16.6. The van der Waals surface area contributed by atoms with E-state index in [-0.39, 0.29) is 11.0 Å². The Morgan fingerprint density at radius 1 is 1.30 bits per heavy atom. The van der Waals surface area contributed by atoms with Gasteiger partial charge in [0.2, 0.25) is 0 Å². The van der Waals surface area contributed by atoms with E-state index in [0.717, 1.165) is 16.7 Å². The molecule has 1 heterocycles. The van der Waals surface area contributed by atoms with E-state index < -0.39 is 23.7 Å². The molecule has 0 spiro atoms. The van der Waals surface area contributed by atoms with Gasteiger partial charge in [-0.2, -0.15) is 0 Å². The van der Waals surface area contributed by atoms with E-state index in [2.05, 4.69) is 0 Å². The van der Waals surface area contributed by atoms with Gasteiger partial charge < -0.3 is 4.74 Å². The Morgan fingerprint density at radius 3 is 2.61 bits per heavy atom. The molecule has 1 aliphatic rings. The molecule has 0 unspecified atom stereocenters.